The van der Waals surface area contributed by atoms with Crippen LogP contribution >= 0.6 is 11.8 Å². The lowest BCUT2D eigenvalue weighted by Gasteiger charge is -2.13. The summed E-state index contributed by atoms with van der Waals surface area (Å²) in [6.45, 7) is 7.45. The van der Waals surface area contributed by atoms with Gasteiger partial charge in [-0.2, -0.15) is 0 Å². The van der Waals surface area contributed by atoms with E-state index in [1.807, 2.05) is 12.1 Å². The van der Waals surface area contributed by atoms with E-state index >= 15 is 0 Å². The van der Waals surface area contributed by atoms with E-state index in [-0.39, 0.29) is 22.9 Å². The van der Waals surface area contributed by atoms with Crippen molar-refractivity contribution in [1.82, 2.24) is 4.90 Å². The van der Waals surface area contributed by atoms with Gasteiger partial charge in [-0.1, -0.05) is 32.1 Å². The molecule has 1 heterocycles. The lowest BCUT2D eigenvalue weighted by molar-refractivity contribution is -0.127. The van der Waals surface area contributed by atoms with E-state index in [0.29, 0.717) is 29.2 Å². The van der Waals surface area contributed by atoms with Crippen LogP contribution < -0.4 is 10.1 Å². The van der Waals surface area contributed by atoms with Crippen molar-refractivity contribution in [3.63, 3.8) is 0 Å². The summed E-state index contributed by atoms with van der Waals surface area (Å²) in [7, 11) is 1.43. The summed E-state index contributed by atoms with van der Waals surface area (Å²) in [6, 6.07) is 10.7. The van der Waals surface area contributed by atoms with Gasteiger partial charge in [0.1, 0.15) is 6.54 Å². The number of rotatable bonds is 8. The summed E-state index contributed by atoms with van der Waals surface area (Å²) in [4.78, 5) is 38.7. The number of hydrogen-bond acceptors (Lipinski definition) is 6. The van der Waals surface area contributed by atoms with Crippen molar-refractivity contribution in [1.29, 1.82) is 0 Å². The van der Waals surface area contributed by atoms with E-state index in [9.17, 15) is 19.5 Å². The summed E-state index contributed by atoms with van der Waals surface area (Å²) in [6.07, 6.45) is 3.59. The largest absolute Gasteiger partial charge is 0.504 e. The van der Waals surface area contributed by atoms with Gasteiger partial charge in [-0.05, 0) is 65.6 Å². The van der Waals surface area contributed by atoms with Gasteiger partial charge in [0, 0.05) is 11.3 Å². The van der Waals surface area contributed by atoms with Gasteiger partial charge in [0.15, 0.2) is 11.5 Å². The average Bonchev–Trinajstić information content (AvgIpc) is 3.03. The number of nitrogens with one attached hydrogen (secondary N) is 1. The Labute approximate surface area is 197 Å². The van der Waals surface area contributed by atoms with Gasteiger partial charge in [0.25, 0.3) is 11.1 Å². The van der Waals surface area contributed by atoms with Gasteiger partial charge >= 0.3 is 0 Å². The number of thioether (sulfide) groups is 1. The summed E-state index contributed by atoms with van der Waals surface area (Å²) < 4.78 is 5.20. The summed E-state index contributed by atoms with van der Waals surface area (Å²) >= 11 is 0.762. The van der Waals surface area contributed by atoms with Gasteiger partial charge in [-0.25, -0.2) is 0 Å². The molecule has 0 radical (unpaired) electrons. The number of carbonyl (C=O) groups is 3. The van der Waals surface area contributed by atoms with Gasteiger partial charge < -0.3 is 15.2 Å². The first-order chi connectivity index (χ1) is 15.7. The Morgan fingerprint density at radius 1 is 1.24 bits per heavy atom. The third kappa shape index (κ3) is 5.64. The molecule has 0 atom stereocenters. The van der Waals surface area contributed by atoms with E-state index < -0.39 is 17.1 Å². The first kappa shape index (κ1) is 24.1. The number of allylic oxidation sites excluding steroid dienone is 1. The minimum atomic E-state index is -0.549. The highest BCUT2D eigenvalue weighted by atomic mass is 32.2. The number of aromatic hydroxyl groups is 1. The highest BCUT2D eigenvalue weighted by Crippen LogP contribution is 2.36. The number of phenols is 1. The molecule has 0 aliphatic carbocycles. The third-order valence-electron chi connectivity index (χ3n) is 5.09. The number of hydrogen-bond donors (Lipinski definition) is 2. The minimum Gasteiger partial charge on any atom is -0.504 e. The topological polar surface area (TPSA) is 95.9 Å². The van der Waals surface area contributed by atoms with Crippen LogP contribution in [0.15, 0.2) is 54.0 Å². The second-order valence-electron chi connectivity index (χ2n) is 7.82. The van der Waals surface area contributed by atoms with Crippen LogP contribution in [-0.4, -0.2) is 40.7 Å². The molecule has 0 spiro atoms. The van der Waals surface area contributed by atoms with E-state index in [1.165, 1.54) is 7.11 Å². The fourth-order valence-corrected chi connectivity index (χ4v) is 4.16. The van der Waals surface area contributed by atoms with E-state index in [0.717, 1.165) is 22.2 Å². The Hall–Kier alpha value is -3.52. The summed E-state index contributed by atoms with van der Waals surface area (Å²) in [5, 5.41) is 12.4. The van der Waals surface area contributed by atoms with Crippen molar-refractivity contribution in [2.45, 2.75) is 26.2 Å². The molecule has 0 aromatic heterocycles. The Morgan fingerprint density at radius 3 is 2.55 bits per heavy atom. The SMILES string of the molecule is C=CCc1cc(/C=C2\SC(=O)N(CC(=O)Nc3ccc(C(C)C)cc3)C2=O)cc(OC)c1O. The molecule has 3 rings (SSSR count). The quantitative estimate of drug-likeness (QED) is 0.423. The molecule has 1 aliphatic rings. The van der Waals surface area contributed by atoms with Crippen molar-refractivity contribution in [3.8, 4) is 11.5 Å². The number of benzene rings is 2. The van der Waals surface area contributed by atoms with Crippen LogP contribution in [0.2, 0.25) is 0 Å². The molecule has 1 saturated heterocycles. The molecule has 2 aromatic rings. The molecule has 172 valence electrons. The Balaban J connectivity index is 1.74. The molecule has 33 heavy (non-hydrogen) atoms. The summed E-state index contributed by atoms with van der Waals surface area (Å²) in [5.74, 6) is -0.385. The maximum atomic E-state index is 12.8. The number of ether oxygens (including phenoxy) is 1. The van der Waals surface area contributed by atoms with Gasteiger partial charge in [-0.15, -0.1) is 6.58 Å². The molecule has 0 unspecified atom stereocenters. The lowest BCUT2D eigenvalue weighted by Crippen LogP contribution is -2.36. The fourth-order valence-electron chi connectivity index (χ4n) is 3.32. The van der Waals surface area contributed by atoms with Crippen LogP contribution in [0.5, 0.6) is 11.5 Å². The van der Waals surface area contributed by atoms with Crippen LogP contribution in [0.25, 0.3) is 6.08 Å². The standard InChI is InChI=1S/C25H26N2O5S/c1-5-6-18-11-16(12-20(32-4)23(18)29)13-21-24(30)27(25(31)33-21)14-22(28)26-19-9-7-17(8-10-19)15(2)3/h5,7-13,15,29H,1,6,14H2,2-4H3,(H,26,28)/b21-13-. The molecule has 1 aliphatic heterocycles. The molecule has 7 nitrogen and oxygen atoms in total. The van der Waals surface area contributed by atoms with Crippen molar-refractivity contribution in [3.05, 3.63) is 70.6 Å². The second-order valence-corrected chi connectivity index (χ2v) is 8.81. The normalized spacial score (nSPS) is 14.8. The summed E-state index contributed by atoms with van der Waals surface area (Å²) in [5.41, 5.74) is 2.91. The number of imide groups is 1. The van der Waals surface area contributed by atoms with Crippen molar-refractivity contribution in [2.24, 2.45) is 0 Å². The monoisotopic (exact) mass is 466 g/mol. The van der Waals surface area contributed by atoms with Crippen LogP contribution in [0.3, 0.4) is 0 Å². The van der Waals surface area contributed by atoms with E-state index in [1.54, 1.807) is 36.4 Å². The van der Waals surface area contributed by atoms with Crippen molar-refractivity contribution in [2.75, 3.05) is 19.0 Å². The molecule has 0 bridgehead atoms. The van der Waals surface area contributed by atoms with Crippen LogP contribution in [0.1, 0.15) is 36.5 Å². The Bertz CT molecular complexity index is 1120. The van der Waals surface area contributed by atoms with Gasteiger partial charge in [-0.3, -0.25) is 19.3 Å². The first-order valence-electron chi connectivity index (χ1n) is 10.4. The second kappa shape index (κ2) is 10.4. The number of methoxy groups -OCH3 is 1. The maximum Gasteiger partial charge on any atom is 0.294 e. The van der Waals surface area contributed by atoms with Crippen molar-refractivity contribution >= 4 is 40.6 Å². The van der Waals surface area contributed by atoms with Gasteiger partial charge in [0.2, 0.25) is 5.91 Å². The molecule has 1 fully saturated rings. The predicted molar refractivity (Wildman–Crippen MR) is 130 cm³/mol. The fraction of sp³-hybridized carbons (Fsp3) is 0.240. The number of anilines is 1. The molecule has 2 aromatic carbocycles. The zero-order chi connectivity index (χ0) is 24.1. The smallest absolute Gasteiger partial charge is 0.294 e. The molecule has 0 saturated carbocycles. The van der Waals surface area contributed by atoms with Crippen molar-refractivity contribution < 1.29 is 24.2 Å². The van der Waals surface area contributed by atoms with Crippen LogP contribution in [0, 0.1) is 0 Å². The van der Waals surface area contributed by atoms with Gasteiger partial charge in [0.05, 0.1) is 12.0 Å². The zero-order valence-corrected chi connectivity index (χ0v) is 19.6. The molecule has 3 amide bonds. The Morgan fingerprint density at radius 2 is 1.94 bits per heavy atom. The lowest BCUT2D eigenvalue weighted by atomic mass is 10.0. The highest BCUT2D eigenvalue weighted by Gasteiger charge is 2.36. The zero-order valence-electron chi connectivity index (χ0n) is 18.8. The number of carbonyl (C=O) groups excluding carboxylic acids is 3. The number of nitrogens with zero attached hydrogens (tertiary/aromatic N) is 1. The van der Waals surface area contributed by atoms with E-state index in [4.69, 9.17) is 4.74 Å². The third-order valence-corrected chi connectivity index (χ3v) is 6.00. The number of amides is 3. The minimum absolute atomic E-state index is 0.000697. The molecule has 8 heteroatoms. The highest BCUT2D eigenvalue weighted by molar-refractivity contribution is 8.18. The number of phenolic OH excluding ortho intramolecular Hbond substituents is 1. The maximum absolute atomic E-state index is 12.8. The van der Waals surface area contributed by atoms with Crippen LogP contribution in [0.4, 0.5) is 10.5 Å². The first-order valence-corrected chi connectivity index (χ1v) is 11.2. The molecular formula is C25H26N2O5S. The van der Waals surface area contributed by atoms with E-state index in [2.05, 4.69) is 25.7 Å². The molecular weight excluding hydrogens is 440 g/mol. The predicted octanol–water partition coefficient (Wildman–Crippen LogP) is 4.93. The van der Waals surface area contributed by atoms with Crippen LogP contribution in [-0.2, 0) is 16.0 Å². The molecule has 2 N–H and O–H groups in total. The average molecular weight is 467 g/mol. The Kier molecular flexibility index (Phi) is 7.60.